The summed E-state index contributed by atoms with van der Waals surface area (Å²) < 4.78 is 10.5. The molecule has 0 saturated carbocycles. The highest BCUT2D eigenvalue weighted by Gasteiger charge is 2.13. The lowest BCUT2D eigenvalue weighted by atomic mass is 10.1. The van der Waals surface area contributed by atoms with Crippen LogP contribution in [0.1, 0.15) is 5.69 Å². The monoisotopic (exact) mass is 245 g/mol. The van der Waals surface area contributed by atoms with E-state index in [-0.39, 0.29) is 0 Å². The van der Waals surface area contributed by atoms with Crippen LogP contribution in [0.15, 0.2) is 30.6 Å². The second-order valence-corrected chi connectivity index (χ2v) is 3.62. The highest BCUT2D eigenvalue weighted by Crippen LogP contribution is 2.33. The summed E-state index contributed by atoms with van der Waals surface area (Å²) in [5, 5.41) is 0. The molecule has 0 atom stereocenters. The van der Waals surface area contributed by atoms with E-state index in [1.807, 2.05) is 18.2 Å². The standard InChI is InChI=1S/C13H15N3O2/c1-17-9-3-4-12(18-2)10(7-9)13-11(8-14)15-5-6-16-13/h3-7H,8,14H2,1-2H3. The van der Waals surface area contributed by atoms with E-state index in [1.165, 1.54) is 0 Å². The lowest BCUT2D eigenvalue weighted by Gasteiger charge is -2.11. The largest absolute Gasteiger partial charge is 0.497 e. The number of aromatic nitrogens is 2. The van der Waals surface area contributed by atoms with Crippen molar-refractivity contribution in [2.24, 2.45) is 5.73 Å². The number of rotatable bonds is 4. The number of benzene rings is 1. The molecule has 0 aliphatic heterocycles. The van der Waals surface area contributed by atoms with Crippen LogP contribution in [0, 0.1) is 0 Å². The second kappa shape index (κ2) is 5.46. The van der Waals surface area contributed by atoms with Crippen molar-refractivity contribution in [1.29, 1.82) is 0 Å². The molecule has 1 heterocycles. The summed E-state index contributed by atoms with van der Waals surface area (Å²) >= 11 is 0. The predicted molar refractivity (Wildman–Crippen MR) is 68.5 cm³/mol. The van der Waals surface area contributed by atoms with Gasteiger partial charge in [-0.15, -0.1) is 0 Å². The third kappa shape index (κ3) is 2.26. The van der Waals surface area contributed by atoms with Gasteiger partial charge in [-0.25, -0.2) is 0 Å². The van der Waals surface area contributed by atoms with Crippen molar-refractivity contribution in [2.75, 3.05) is 14.2 Å². The van der Waals surface area contributed by atoms with Gasteiger partial charge in [-0.05, 0) is 18.2 Å². The molecule has 5 heteroatoms. The zero-order chi connectivity index (χ0) is 13.0. The van der Waals surface area contributed by atoms with Gasteiger partial charge in [0.2, 0.25) is 0 Å². The van der Waals surface area contributed by atoms with Gasteiger partial charge in [0.15, 0.2) is 0 Å². The molecule has 1 aromatic heterocycles. The molecule has 2 N–H and O–H groups in total. The molecule has 0 aliphatic rings. The smallest absolute Gasteiger partial charge is 0.128 e. The molecule has 0 bridgehead atoms. The van der Waals surface area contributed by atoms with Crippen LogP contribution in [0.3, 0.4) is 0 Å². The van der Waals surface area contributed by atoms with Crippen molar-refractivity contribution >= 4 is 0 Å². The maximum Gasteiger partial charge on any atom is 0.128 e. The van der Waals surface area contributed by atoms with Gasteiger partial charge in [-0.1, -0.05) is 0 Å². The molecule has 18 heavy (non-hydrogen) atoms. The number of nitrogens with two attached hydrogens (primary N) is 1. The van der Waals surface area contributed by atoms with E-state index in [0.29, 0.717) is 12.3 Å². The molecule has 0 unspecified atom stereocenters. The fraction of sp³-hybridized carbons (Fsp3) is 0.231. The van der Waals surface area contributed by atoms with E-state index in [4.69, 9.17) is 15.2 Å². The van der Waals surface area contributed by atoms with Gasteiger partial charge < -0.3 is 15.2 Å². The number of hydrogen-bond donors (Lipinski definition) is 1. The maximum atomic E-state index is 5.68. The number of nitrogens with zero attached hydrogens (tertiary/aromatic N) is 2. The Kier molecular flexibility index (Phi) is 3.74. The average Bonchev–Trinajstić information content (AvgIpc) is 2.46. The van der Waals surface area contributed by atoms with Gasteiger partial charge in [-0.3, -0.25) is 9.97 Å². The van der Waals surface area contributed by atoms with E-state index >= 15 is 0 Å². The van der Waals surface area contributed by atoms with Crippen molar-refractivity contribution in [1.82, 2.24) is 9.97 Å². The summed E-state index contributed by atoms with van der Waals surface area (Å²) in [6.07, 6.45) is 3.26. The summed E-state index contributed by atoms with van der Waals surface area (Å²) in [4.78, 5) is 8.55. The van der Waals surface area contributed by atoms with Crippen LogP contribution >= 0.6 is 0 Å². The minimum atomic E-state index is 0.323. The third-order valence-electron chi connectivity index (χ3n) is 2.63. The minimum Gasteiger partial charge on any atom is -0.497 e. The minimum absolute atomic E-state index is 0.323. The zero-order valence-electron chi connectivity index (χ0n) is 10.4. The van der Waals surface area contributed by atoms with Crippen molar-refractivity contribution in [2.45, 2.75) is 6.54 Å². The van der Waals surface area contributed by atoms with E-state index in [9.17, 15) is 0 Å². The first-order valence-corrected chi connectivity index (χ1v) is 5.52. The molecule has 2 rings (SSSR count). The van der Waals surface area contributed by atoms with Crippen LogP contribution in [0.5, 0.6) is 11.5 Å². The van der Waals surface area contributed by atoms with Crippen molar-refractivity contribution in [3.05, 3.63) is 36.3 Å². The van der Waals surface area contributed by atoms with Crippen LogP contribution < -0.4 is 15.2 Å². The zero-order valence-corrected chi connectivity index (χ0v) is 10.4. The summed E-state index contributed by atoms with van der Waals surface area (Å²) in [6, 6.07) is 5.53. The summed E-state index contributed by atoms with van der Waals surface area (Å²) in [6.45, 7) is 0.323. The van der Waals surface area contributed by atoms with Crippen LogP contribution in [-0.4, -0.2) is 24.2 Å². The molecule has 0 saturated heterocycles. The van der Waals surface area contributed by atoms with Gasteiger partial charge in [0.1, 0.15) is 11.5 Å². The molecule has 0 aliphatic carbocycles. The Morgan fingerprint density at radius 1 is 1.11 bits per heavy atom. The Labute approximate surface area is 106 Å². The molecule has 0 spiro atoms. The normalized spacial score (nSPS) is 10.2. The van der Waals surface area contributed by atoms with Gasteiger partial charge in [-0.2, -0.15) is 0 Å². The quantitative estimate of drug-likeness (QED) is 0.886. The van der Waals surface area contributed by atoms with Crippen molar-refractivity contribution in [3.8, 4) is 22.8 Å². The molecule has 5 nitrogen and oxygen atoms in total. The first-order valence-electron chi connectivity index (χ1n) is 5.52. The lowest BCUT2D eigenvalue weighted by molar-refractivity contribution is 0.404. The summed E-state index contributed by atoms with van der Waals surface area (Å²) in [5.74, 6) is 1.45. The van der Waals surface area contributed by atoms with Gasteiger partial charge >= 0.3 is 0 Å². The Morgan fingerprint density at radius 2 is 1.89 bits per heavy atom. The second-order valence-electron chi connectivity index (χ2n) is 3.62. The SMILES string of the molecule is COc1ccc(OC)c(-c2nccnc2CN)c1. The number of hydrogen-bond acceptors (Lipinski definition) is 5. The summed E-state index contributed by atoms with van der Waals surface area (Å²) in [5.41, 5.74) is 7.94. The molecular weight excluding hydrogens is 230 g/mol. The fourth-order valence-electron chi connectivity index (χ4n) is 1.74. The molecule has 1 aromatic carbocycles. The van der Waals surface area contributed by atoms with E-state index < -0.39 is 0 Å². The van der Waals surface area contributed by atoms with Crippen LogP contribution in [0.4, 0.5) is 0 Å². The Balaban J connectivity index is 2.60. The molecule has 0 amide bonds. The first-order chi connectivity index (χ1) is 8.80. The summed E-state index contributed by atoms with van der Waals surface area (Å²) in [7, 11) is 3.23. The Bertz CT molecular complexity index is 544. The van der Waals surface area contributed by atoms with E-state index in [0.717, 1.165) is 22.7 Å². The molecule has 0 fully saturated rings. The molecule has 94 valence electrons. The Morgan fingerprint density at radius 3 is 2.56 bits per heavy atom. The van der Waals surface area contributed by atoms with Crippen molar-refractivity contribution in [3.63, 3.8) is 0 Å². The van der Waals surface area contributed by atoms with Gasteiger partial charge in [0.25, 0.3) is 0 Å². The number of methoxy groups -OCH3 is 2. The van der Waals surface area contributed by atoms with Gasteiger partial charge in [0, 0.05) is 24.5 Å². The van der Waals surface area contributed by atoms with E-state index in [1.54, 1.807) is 26.6 Å². The third-order valence-corrected chi connectivity index (χ3v) is 2.63. The number of ether oxygens (including phenoxy) is 2. The predicted octanol–water partition coefficient (Wildman–Crippen LogP) is 1.62. The Hall–Kier alpha value is -2.14. The fourth-order valence-corrected chi connectivity index (χ4v) is 1.74. The van der Waals surface area contributed by atoms with Crippen LogP contribution in [0.25, 0.3) is 11.3 Å². The van der Waals surface area contributed by atoms with Crippen LogP contribution in [-0.2, 0) is 6.54 Å². The maximum absolute atomic E-state index is 5.68. The van der Waals surface area contributed by atoms with Crippen molar-refractivity contribution < 1.29 is 9.47 Å². The molecule has 2 aromatic rings. The van der Waals surface area contributed by atoms with E-state index in [2.05, 4.69) is 9.97 Å². The van der Waals surface area contributed by atoms with Crippen LogP contribution in [0.2, 0.25) is 0 Å². The topological polar surface area (TPSA) is 70.3 Å². The first kappa shape index (κ1) is 12.3. The lowest BCUT2D eigenvalue weighted by Crippen LogP contribution is -2.04. The molecule has 0 radical (unpaired) electrons. The highest BCUT2D eigenvalue weighted by molar-refractivity contribution is 5.70. The highest BCUT2D eigenvalue weighted by atomic mass is 16.5. The molecular formula is C13H15N3O2. The average molecular weight is 245 g/mol. The van der Waals surface area contributed by atoms with Gasteiger partial charge in [0.05, 0.1) is 25.6 Å².